The number of nitro groups is 1. The number of ether oxygens (including phenoxy) is 1. The fourth-order valence-electron chi connectivity index (χ4n) is 2.38. The number of aromatic nitrogens is 2. The molecule has 0 atom stereocenters. The molecule has 1 aromatic carbocycles. The van der Waals surface area contributed by atoms with E-state index in [2.05, 4.69) is 9.97 Å². The predicted molar refractivity (Wildman–Crippen MR) is 102 cm³/mol. The van der Waals surface area contributed by atoms with Crippen LogP contribution in [0.25, 0.3) is 11.4 Å². The van der Waals surface area contributed by atoms with Crippen molar-refractivity contribution in [2.75, 3.05) is 19.1 Å². The van der Waals surface area contributed by atoms with Gasteiger partial charge in [0, 0.05) is 24.7 Å². The lowest BCUT2D eigenvalue weighted by atomic mass is 10.2. The number of halogens is 2. The molecule has 0 aliphatic rings. The van der Waals surface area contributed by atoms with Crippen LogP contribution in [-0.2, 0) is 4.74 Å². The van der Waals surface area contributed by atoms with Crippen molar-refractivity contribution in [2.24, 2.45) is 0 Å². The molecule has 0 radical (unpaired) electrons. The van der Waals surface area contributed by atoms with Crippen LogP contribution in [-0.4, -0.2) is 35.0 Å². The highest BCUT2D eigenvalue weighted by Gasteiger charge is 2.24. The number of hydrogen-bond donors (Lipinski definition) is 0. The Balaban J connectivity index is 2.22. The molecule has 0 bridgehead atoms. The molecule has 0 amide bonds. The van der Waals surface area contributed by atoms with Crippen LogP contribution < -0.4 is 4.90 Å². The number of esters is 1. The third kappa shape index (κ3) is 3.62. The van der Waals surface area contributed by atoms with Crippen molar-refractivity contribution in [1.29, 1.82) is 0 Å². The van der Waals surface area contributed by atoms with Crippen molar-refractivity contribution in [3.63, 3.8) is 0 Å². The number of methoxy groups -OCH3 is 1. The Labute approximate surface area is 168 Å². The van der Waals surface area contributed by atoms with Crippen molar-refractivity contribution in [2.45, 2.75) is 0 Å². The van der Waals surface area contributed by atoms with Gasteiger partial charge in [-0.1, -0.05) is 23.2 Å². The Morgan fingerprint density at radius 3 is 2.64 bits per heavy atom. The van der Waals surface area contributed by atoms with Crippen molar-refractivity contribution < 1.29 is 18.9 Å². The first-order valence-electron chi connectivity index (χ1n) is 7.71. The summed E-state index contributed by atoms with van der Waals surface area (Å²) >= 11 is 12.2. The second-order valence-electron chi connectivity index (χ2n) is 5.46. The molecule has 144 valence electrons. The number of anilines is 2. The average molecular weight is 423 g/mol. The monoisotopic (exact) mass is 422 g/mol. The second-order valence-corrected chi connectivity index (χ2v) is 6.24. The zero-order chi connectivity index (χ0) is 20.4. The Kier molecular flexibility index (Phi) is 5.48. The Morgan fingerprint density at radius 2 is 2.04 bits per heavy atom. The molecule has 0 fully saturated rings. The molecule has 28 heavy (non-hydrogen) atoms. The summed E-state index contributed by atoms with van der Waals surface area (Å²) in [6, 6.07) is 7.40. The zero-order valence-corrected chi connectivity index (χ0v) is 16.1. The minimum Gasteiger partial charge on any atom is -0.464 e. The van der Waals surface area contributed by atoms with E-state index in [1.807, 2.05) is 0 Å². The highest BCUT2D eigenvalue weighted by molar-refractivity contribution is 6.35. The van der Waals surface area contributed by atoms with Crippen LogP contribution in [0.15, 0.2) is 41.0 Å². The predicted octanol–water partition coefficient (Wildman–Crippen LogP) is 4.51. The van der Waals surface area contributed by atoms with Gasteiger partial charge in [-0.05, 0) is 18.2 Å². The summed E-state index contributed by atoms with van der Waals surface area (Å²) in [4.78, 5) is 32.7. The molecule has 0 spiro atoms. The van der Waals surface area contributed by atoms with Gasteiger partial charge in [-0.2, -0.15) is 0 Å². The van der Waals surface area contributed by atoms with Crippen LogP contribution in [0.4, 0.5) is 17.4 Å². The third-order valence-electron chi connectivity index (χ3n) is 3.77. The summed E-state index contributed by atoms with van der Waals surface area (Å²) in [5.41, 5.74) is -0.245. The fourth-order valence-corrected chi connectivity index (χ4v) is 2.85. The first-order chi connectivity index (χ1) is 13.3. The van der Waals surface area contributed by atoms with E-state index in [1.165, 1.54) is 36.5 Å². The van der Waals surface area contributed by atoms with Gasteiger partial charge >= 0.3 is 5.97 Å². The minimum atomic E-state index is -0.786. The Bertz CT molecular complexity index is 1060. The second kappa shape index (κ2) is 7.83. The molecule has 11 heteroatoms. The zero-order valence-electron chi connectivity index (χ0n) is 14.6. The molecule has 3 aromatic rings. The van der Waals surface area contributed by atoms with E-state index in [9.17, 15) is 14.9 Å². The van der Waals surface area contributed by atoms with Gasteiger partial charge in [0.1, 0.15) is 10.0 Å². The summed E-state index contributed by atoms with van der Waals surface area (Å²) in [7, 11) is 2.81. The quantitative estimate of drug-likeness (QED) is 0.335. The van der Waals surface area contributed by atoms with Crippen LogP contribution in [0.3, 0.4) is 0 Å². The highest BCUT2D eigenvalue weighted by atomic mass is 35.5. The molecule has 2 heterocycles. The maximum Gasteiger partial charge on any atom is 0.358 e. The summed E-state index contributed by atoms with van der Waals surface area (Å²) in [5.74, 6) is -0.201. The van der Waals surface area contributed by atoms with Crippen LogP contribution in [0, 0.1) is 10.1 Å². The largest absolute Gasteiger partial charge is 0.464 e. The third-order valence-corrected chi connectivity index (χ3v) is 4.44. The van der Waals surface area contributed by atoms with Gasteiger partial charge in [-0.3, -0.25) is 15.0 Å². The molecule has 0 saturated heterocycles. The van der Waals surface area contributed by atoms with E-state index >= 15 is 0 Å². The van der Waals surface area contributed by atoms with Crippen molar-refractivity contribution in [3.05, 3.63) is 62.4 Å². The smallest absolute Gasteiger partial charge is 0.358 e. The maximum absolute atomic E-state index is 12.1. The molecule has 0 aliphatic heterocycles. The lowest BCUT2D eigenvalue weighted by Crippen LogP contribution is -2.16. The summed E-state index contributed by atoms with van der Waals surface area (Å²) in [6.07, 6.45) is 1.46. The molecule has 0 aliphatic carbocycles. The molecular weight excluding hydrogens is 411 g/mol. The summed E-state index contributed by atoms with van der Waals surface area (Å²) in [5, 5.41) is 11.1. The van der Waals surface area contributed by atoms with Gasteiger partial charge < -0.3 is 9.15 Å². The van der Waals surface area contributed by atoms with Crippen LogP contribution in [0.2, 0.25) is 10.0 Å². The Morgan fingerprint density at radius 1 is 1.29 bits per heavy atom. The number of rotatable bonds is 5. The molecule has 0 N–H and O–H groups in total. The van der Waals surface area contributed by atoms with E-state index in [0.717, 1.165) is 0 Å². The first kappa shape index (κ1) is 19.6. The lowest BCUT2D eigenvalue weighted by molar-refractivity contribution is -0.384. The van der Waals surface area contributed by atoms with Gasteiger partial charge in [0.2, 0.25) is 5.88 Å². The van der Waals surface area contributed by atoms with Crippen LogP contribution >= 0.6 is 23.2 Å². The van der Waals surface area contributed by atoms with Gasteiger partial charge in [-0.25, -0.2) is 14.8 Å². The van der Waals surface area contributed by atoms with Crippen LogP contribution in [0.1, 0.15) is 10.5 Å². The Hall–Kier alpha value is -3.17. The average Bonchev–Trinajstić information content (AvgIpc) is 3.22. The van der Waals surface area contributed by atoms with Gasteiger partial charge in [0.05, 0.1) is 18.3 Å². The molecule has 0 saturated carbocycles. The number of carbonyl (C=O) groups excluding carboxylic acids is 1. The van der Waals surface area contributed by atoms with E-state index in [1.54, 1.807) is 19.2 Å². The number of benzene rings is 1. The lowest BCUT2D eigenvalue weighted by Gasteiger charge is -2.18. The molecular formula is C17H12Cl2N4O5. The summed E-state index contributed by atoms with van der Waals surface area (Å²) in [6.45, 7) is 0. The normalized spacial score (nSPS) is 10.6. The first-order valence-corrected chi connectivity index (χ1v) is 8.46. The number of carbonyl (C=O) groups is 1. The SMILES string of the molecule is COC(=O)c1nc(-c2ccc(Cl)c([N+](=O)[O-])c2)nc(N(C)c2ccco2)c1Cl. The van der Waals surface area contributed by atoms with E-state index in [0.29, 0.717) is 5.88 Å². The van der Waals surface area contributed by atoms with E-state index in [-0.39, 0.29) is 38.6 Å². The molecule has 3 rings (SSSR count). The number of hydrogen-bond acceptors (Lipinski definition) is 8. The van der Waals surface area contributed by atoms with E-state index < -0.39 is 10.9 Å². The van der Waals surface area contributed by atoms with Gasteiger partial charge in [0.15, 0.2) is 17.3 Å². The van der Waals surface area contributed by atoms with Crippen molar-refractivity contribution >= 4 is 46.6 Å². The fraction of sp³-hybridized carbons (Fsp3) is 0.118. The minimum absolute atomic E-state index is 0.0259. The van der Waals surface area contributed by atoms with Gasteiger partial charge in [0.25, 0.3) is 5.69 Å². The van der Waals surface area contributed by atoms with Crippen molar-refractivity contribution in [1.82, 2.24) is 9.97 Å². The standard InChI is InChI=1S/C17H12Cl2N4O5/c1-22(12-4-3-7-28-12)16-13(19)14(17(24)27-2)20-15(21-16)9-5-6-10(18)11(8-9)23(25)26/h3-8H,1-2H3. The molecule has 9 nitrogen and oxygen atoms in total. The molecule has 0 unspecified atom stereocenters. The van der Waals surface area contributed by atoms with Gasteiger partial charge in [-0.15, -0.1) is 0 Å². The maximum atomic E-state index is 12.1. The summed E-state index contributed by atoms with van der Waals surface area (Å²) < 4.78 is 10.1. The van der Waals surface area contributed by atoms with E-state index in [4.69, 9.17) is 32.4 Å². The number of nitro benzene ring substituents is 1. The number of furan rings is 1. The topological polar surface area (TPSA) is 112 Å². The molecule has 2 aromatic heterocycles. The van der Waals surface area contributed by atoms with Crippen LogP contribution in [0.5, 0.6) is 0 Å². The van der Waals surface area contributed by atoms with Crippen molar-refractivity contribution in [3.8, 4) is 11.4 Å². The number of nitrogens with zero attached hydrogens (tertiary/aromatic N) is 4. The highest BCUT2D eigenvalue weighted by Crippen LogP contribution is 2.35.